The van der Waals surface area contributed by atoms with Gasteiger partial charge < -0.3 is 37.9 Å². The fraction of sp³-hybridized carbons (Fsp3) is 0.472. The normalized spacial score (nSPS) is 23.1. The van der Waals surface area contributed by atoms with Crippen LogP contribution in [0.1, 0.15) is 141 Å². The van der Waals surface area contributed by atoms with Crippen molar-refractivity contribution < 1.29 is 32.5 Å². The Morgan fingerprint density at radius 3 is 1.63 bits per heavy atom. The van der Waals surface area contributed by atoms with Crippen LogP contribution in [-0.2, 0) is 19.1 Å². The Morgan fingerprint density at radius 2 is 1.16 bits per heavy atom. The maximum atomic E-state index is 14.6. The van der Waals surface area contributed by atoms with E-state index in [0.717, 1.165) is 137 Å². The van der Waals surface area contributed by atoms with Crippen LogP contribution < -0.4 is 10.2 Å². The van der Waals surface area contributed by atoms with E-state index in [9.17, 15) is 14.0 Å². The lowest BCUT2D eigenvalue weighted by Crippen LogP contribution is -2.31. The maximum Gasteiger partial charge on any atom is 0.227 e. The van der Waals surface area contributed by atoms with E-state index in [-0.39, 0.29) is 41.9 Å². The van der Waals surface area contributed by atoms with Crippen LogP contribution in [0.4, 0.5) is 10.1 Å². The lowest BCUT2D eigenvalue weighted by molar-refractivity contribution is -0.119. The smallest absolute Gasteiger partial charge is 0.227 e. The van der Waals surface area contributed by atoms with Crippen LogP contribution in [0.5, 0.6) is 0 Å². The second-order valence-electron chi connectivity index (χ2n) is 19.2. The summed E-state index contributed by atoms with van der Waals surface area (Å²) in [6, 6.07) is 18.1. The van der Waals surface area contributed by atoms with Gasteiger partial charge in [0.2, 0.25) is 11.8 Å². The molecule has 3 aromatic carbocycles. The summed E-state index contributed by atoms with van der Waals surface area (Å²) in [5.41, 5.74) is 11.0. The molecule has 2 aliphatic carbocycles. The molecule has 0 unspecified atom stereocenters. The highest BCUT2D eigenvalue weighted by Gasteiger charge is 2.39. The summed E-state index contributed by atoms with van der Waals surface area (Å²) in [4.78, 5) is 37.0. The Kier molecular flexibility index (Phi) is 12.5. The topological polar surface area (TPSA) is 156 Å². The molecule has 6 heterocycles. The third-order valence-electron chi connectivity index (χ3n) is 15.0. The Bertz CT molecular complexity index is 2970. The zero-order valence-corrected chi connectivity index (χ0v) is 40.1. The van der Waals surface area contributed by atoms with Gasteiger partial charge in [-0.3, -0.25) is 9.59 Å². The van der Waals surface area contributed by atoms with E-state index in [0.29, 0.717) is 42.7 Å². The second kappa shape index (κ2) is 18.7. The van der Waals surface area contributed by atoms with Crippen LogP contribution in [0.3, 0.4) is 0 Å². The number of methoxy groups -OCH3 is 2. The molecule has 68 heavy (non-hydrogen) atoms. The molecule has 2 saturated carbocycles. The molecule has 0 radical (unpaired) electrons. The highest BCUT2D eigenvalue weighted by Crippen LogP contribution is 2.44. The van der Waals surface area contributed by atoms with E-state index in [1.165, 1.54) is 6.07 Å². The number of rotatable bonds is 9. The molecule has 2 aliphatic heterocycles. The number of amides is 2. The number of aromatic nitrogens is 6. The van der Waals surface area contributed by atoms with Crippen molar-refractivity contribution in [2.45, 2.75) is 148 Å². The summed E-state index contributed by atoms with van der Waals surface area (Å²) in [6.45, 7) is 9.49. The monoisotopic (exact) mass is 924 g/mol. The van der Waals surface area contributed by atoms with Gasteiger partial charge in [0.15, 0.2) is 0 Å². The number of nitrogens with zero attached hydrogens (tertiary/aromatic N) is 7. The van der Waals surface area contributed by atoms with Crippen LogP contribution >= 0.6 is 0 Å². The Balaban J connectivity index is 0.000000163. The molecule has 0 spiro atoms. The quantitative estimate of drug-likeness (QED) is 0.148. The molecule has 4 aliphatic rings. The Labute approximate surface area is 395 Å². The predicted octanol–water partition coefficient (Wildman–Crippen LogP) is 11.1. The van der Waals surface area contributed by atoms with E-state index in [4.69, 9.17) is 28.5 Å². The average molecular weight is 925 g/mol. The zero-order chi connectivity index (χ0) is 47.4. The highest BCUT2D eigenvalue weighted by molar-refractivity contribution is 5.96. The van der Waals surface area contributed by atoms with Gasteiger partial charge >= 0.3 is 0 Å². The van der Waals surface area contributed by atoms with Gasteiger partial charge in [-0.05, 0) is 152 Å². The molecule has 2 saturated heterocycles. The second-order valence-corrected chi connectivity index (χ2v) is 19.2. The van der Waals surface area contributed by atoms with Crippen molar-refractivity contribution in [3.63, 3.8) is 0 Å². The molecule has 1 N–H and O–H groups in total. The van der Waals surface area contributed by atoms with Crippen molar-refractivity contribution >= 4 is 39.6 Å². The van der Waals surface area contributed by atoms with E-state index in [2.05, 4.69) is 61.2 Å². The first-order valence-electron chi connectivity index (χ1n) is 24.2. The van der Waals surface area contributed by atoms with Crippen molar-refractivity contribution in [2.24, 2.45) is 0 Å². The number of nitrogens with one attached hydrogen (secondary N) is 1. The van der Waals surface area contributed by atoms with Crippen molar-refractivity contribution in [2.75, 3.05) is 19.1 Å². The molecule has 0 bridgehead atoms. The van der Waals surface area contributed by atoms with Crippen LogP contribution in [0, 0.1) is 40.4 Å². The lowest BCUT2D eigenvalue weighted by atomic mass is 9.92. The van der Waals surface area contributed by atoms with Gasteiger partial charge in [-0.25, -0.2) is 14.4 Å². The number of benzene rings is 3. The van der Waals surface area contributed by atoms with Crippen LogP contribution in [0.25, 0.3) is 44.3 Å². The predicted molar refractivity (Wildman–Crippen MR) is 257 cm³/mol. The van der Waals surface area contributed by atoms with E-state index >= 15 is 0 Å². The molecule has 14 nitrogen and oxygen atoms in total. The summed E-state index contributed by atoms with van der Waals surface area (Å²) in [5, 5.41) is 11.3. The molecule has 2 amide bonds. The van der Waals surface area contributed by atoms with Crippen LogP contribution in [0.15, 0.2) is 63.6 Å². The number of halogens is 1. The van der Waals surface area contributed by atoms with Gasteiger partial charge in [0.1, 0.15) is 29.0 Å². The van der Waals surface area contributed by atoms with Crippen molar-refractivity contribution in [1.29, 1.82) is 0 Å². The third kappa shape index (κ3) is 8.41. The largest absolute Gasteiger partial charge is 0.381 e. The molecule has 2 atom stereocenters. The number of aryl methyl sites for hydroxylation is 5. The highest BCUT2D eigenvalue weighted by atomic mass is 19.1. The van der Waals surface area contributed by atoms with Crippen LogP contribution in [0.2, 0.25) is 0 Å². The number of hydrogen-bond acceptors (Lipinski definition) is 10. The first-order chi connectivity index (χ1) is 32.9. The number of ether oxygens (including phenoxy) is 2. The molecule has 7 aromatic rings. The number of carbonyl (C=O) groups excluding carboxylic acids is 2. The average Bonchev–Trinajstić information content (AvgIpc) is 4.22. The van der Waals surface area contributed by atoms with Crippen molar-refractivity contribution in [1.82, 2.24) is 34.7 Å². The molecule has 11 rings (SSSR count). The minimum absolute atomic E-state index is 0.00337. The number of fused-ring (bicyclic) bond motifs is 2. The fourth-order valence-corrected chi connectivity index (χ4v) is 11.5. The van der Waals surface area contributed by atoms with E-state index in [1.807, 2.05) is 33.8 Å². The summed E-state index contributed by atoms with van der Waals surface area (Å²) >= 11 is 0. The van der Waals surface area contributed by atoms with Gasteiger partial charge in [-0.15, -0.1) is 0 Å². The van der Waals surface area contributed by atoms with Gasteiger partial charge in [-0.1, -0.05) is 28.5 Å². The molecular weight excluding hydrogens is 864 g/mol. The molecule has 15 heteroatoms. The molecule has 4 aromatic heterocycles. The molecule has 356 valence electrons. The van der Waals surface area contributed by atoms with Gasteiger partial charge in [-0.2, -0.15) is 0 Å². The minimum Gasteiger partial charge on any atom is -0.381 e. The van der Waals surface area contributed by atoms with Crippen LogP contribution in [-0.4, -0.2) is 67.7 Å². The fourth-order valence-electron chi connectivity index (χ4n) is 11.5. The summed E-state index contributed by atoms with van der Waals surface area (Å²) < 4.78 is 41.3. The van der Waals surface area contributed by atoms with Gasteiger partial charge in [0.25, 0.3) is 0 Å². The first kappa shape index (κ1) is 45.6. The lowest BCUT2D eigenvalue weighted by Gasteiger charge is -2.32. The minimum atomic E-state index is -0.309. The summed E-state index contributed by atoms with van der Waals surface area (Å²) in [7, 11) is 3.58. The molecular formula is C53H61FN8O6. The number of carbonyl (C=O) groups is 2. The SMILES string of the molecule is COC1CCC(n2c([C@@H]3CCC(=O)N3)nc3cc(-c4c(C)noc4C)ccc32)CC1.COC1CCC(n2c([C@@H]3CCC(=O)N3c3ccc(C)c(F)c3)nc3cc(-c4c(C)noc4C)ccc32)CC1. The number of imidazole rings is 2. The Hall–Kier alpha value is -6.19. The third-order valence-corrected chi connectivity index (χ3v) is 15.0. The zero-order valence-electron chi connectivity index (χ0n) is 40.1. The van der Waals surface area contributed by atoms with Crippen molar-refractivity contribution in [3.05, 3.63) is 101 Å². The van der Waals surface area contributed by atoms with Gasteiger partial charge in [0, 0.05) is 56.0 Å². The number of anilines is 1. The summed E-state index contributed by atoms with van der Waals surface area (Å²) in [6.07, 6.45) is 11.2. The van der Waals surface area contributed by atoms with E-state index in [1.54, 1.807) is 32.1 Å². The summed E-state index contributed by atoms with van der Waals surface area (Å²) in [5.74, 6) is 3.22. The maximum absolute atomic E-state index is 14.6. The van der Waals surface area contributed by atoms with Gasteiger partial charge in [0.05, 0.1) is 57.7 Å². The first-order valence-corrected chi connectivity index (χ1v) is 24.2. The van der Waals surface area contributed by atoms with Crippen molar-refractivity contribution in [3.8, 4) is 22.3 Å². The standard InChI is InChI=1S/C30H33FN4O3.C23H28N4O3/c1-17-5-7-22(16-24(17)31)34-27(13-14-28(34)36)30-32-25-15-20(29-18(2)33-38-19(29)3)6-12-26(25)35(30)21-8-10-23(37-4)11-9-21;1-13-22(14(2)30-26-13)15-4-10-20-19(12-15)25-23(18-9-11-21(28)24-18)27(20)16-5-7-17(29-3)8-6-16/h5-7,12,15-16,21,23,27H,8-11,13-14H2,1-4H3;4,10,12,16-18H,5-9,11H2,1-3H3,(H,24,28)/t21?,23?,27-;16?,17?,18-/m00/s1. The van der Waals surface area contributed by atoms with E-state index < -0.39 is 0 Å². The molecule has 4 fully saturated rings. The number of hydrogen-bond donors (Lipinski definition) is 1. The Morgan fingerprint density at radius 1 is 0.632 bits per heavy atom.